The summed E-state index contributed by atoms with van der Waals surface area (Å²) in [7, 11) is 1.62. The van der Waals surface area contributed by atoms with Crippen LogP contribution in [0.15, 0.2) is 53.5 Å². The first-order chi connectivity index (χ1) is 17.3. The normalized spacial score (nSPS) is 14.4. The van der Waals surface area contributed by atoms with Crippen LogP contribution >= 0.6 is 0 Å². The van der Waals surface area contributed by atoms with E-state index < -0.39 is 17.2 Å². The number of nitrogens with zero attached hydrogens (tertiary/aromatic N) is 1. The molecule has 1 aliphatic rings. The second-order valence-corrected chi connectivity index (χ2v) is 9.08. The number of aromatic carboxylic acids is 1. The number of carboxylic acid groups (broad SMARTS) is 1. The van der Waals surface area contributed by atoms with Gasteiger partial charge in [0.1, 0.15) is 17.1 Å². The van der Waals surface area contributed by atoms with Gasteiger partial charge in [0, 0.05) is 61.6 Å². The quantitative estimate of drug-likeness (QED) is 0.400. The molecule has 0 aliphatic carbocycles. The maximum atomic E-state index is 14.9. The van der Waals surface area contributed by atoms with Crippen LogP contribution in [0.4, 0.5) is 4.39 Å². The molecule has 1 N–H and O–H groups in total. The third kappa shape index (κ3) is 5.34. The fraction of sp³-hybridized carbons (Fsp3) is 0.357. The summed E-state index contributed by atoms with van der Waals surface area (Å²) in [5, 5.41) is 9.48. The van der Waals surface area contributed by atoms with E-state index in [-0.39, 0.29) is 17.6 Å². The van der Waals surface area contributed by atoms with Gasteiger partial charge in [-0.3, -0.25) is 4.79 Å². The number of ether oxygens (including phenoxy) is 3. The van der Waals surface area contributed by atoms with E-state index in [1.54, 1.807) is 29.9 Å². The predicted octanol–water partition coefficient (Wildman–Crippen LogP) is 4.96. The summed E-state index contributed by atoms with van der Waals surface area (Å²) in [6.07, 6.45) is 2.05. The molecule has 1 aliphatic heterocycles. The fourth-order valence-electron chi connectivity index (χ4n) is 4.45. The van der Waals surface area contributed by atoms with Crippen molar-refractivity contribution in [2.24, 2.45) is 0 Å². The van der Waals surface area contributed by atoms with E-state index in [2.05, 4.69) is 0 Å². The van der Waals surface area contributed by atoms with E-state index in [9.17, 15) is 19.1 Å². The first-order valence-corrected chi connectivity index (χ1v) is 11.9. The molecule has 0 saturated heterocycles. The summed E-state index contributed by atoms with van der Waals surface area (Å²) in [4.78, 5) is 24.2. The smallest absolute Gasteiger partial charge is 0.341 e. The average Bonchev–Trinajstić information content (AvgIpc) is 2.85. The highest BCUT2D eigenvalue weighted by molar-refractivity contribution is 5.88. The minimum atomic E-state index is -1.28. The molecule has 0 radical (unpaired) electrons. The van der Waals surface area contributed by atoms with Crippen LogP contribution in [0, 0.1) is 5.82 Å². The van der Waals surface area contributed by atoms with Gasteiger partial charge < -0.3 is 23.9 Å². The Kier molecular flexibility index (Phi) is 7.86. The first-order valence-electron chi connectivity index (χ1n) is 11.9. The SMILES string of the molecule is COCCCOc1cc2c(cc1-c1ccccc1F)-c1cc(=O)c(C(=O)O)cn1C[C@@H]2COC(C)C. The van der Waals surface area contributed by atoms with Crippen molar-refractivity contribution in [1.29, 1.82) is 0 Å². The molecule has 2 heterocycles. The number of aromatic nitrogens is 1. The molecule has 0 spiro atoms. The van der Waals surface area contributed by atoms with E-state index in [0.29, 0.717) is 55.4 Å². The molecule has 0 saturated carbocycles. The van der Waals surface area contributed by atoms with Crippen LogP contribution < -0.4 is 10.2 Å². The molecule has 36 heavy (non-hydrogen) atoms. The Hall–Kier alpha value is -3.49. The molecule has 7 nitrogen and oxygen atoms in total. The number of rotatable bonds is 10. The summed E-state index contributed by atoms with van der Waals surface area (Å²) in [6, 6.07) is 11.5. The van der Waals surface area contributed by atoms with Crippen LogP contribution in [0.1, 0.15) is 42.1 Å². The number of pyridine rings is 1. The lowest BCUT2D eigenvalue weighted by Crippen LogP contribution is -2.27. The molecule has 190 valence electrons. The Morgan fingerprint density at radius 3 is 2.61 bits per heavy atom. The summed E-state index contributed by atoms with van der Waals surface area (Å²) < 4.78 is 33.8. The van der Waals surface area contributed by atoms with E-state index in [0.717, 1.165) is 11.1 Å². The van der Waals surface area contributed by atoms with E-state index in [1.165, 1.54) is 18.3 Å². The van der Waals surface area contributed by atoms with Crippen molar-refractivity contribution >= 4 is 5.97 Å². The summed E-state index contributed by atoms with van der Waals surface area (Å²) >= 11 is 0. The highest BCUT2D eigenvalue weighted by Gasteiger charge is 2.29. The molecule has 1 atom stereocenters. The Balaban J connectivity index is 1.91. The second kappa shape index (κ2) is 11.1. The monoisotopic (exact) mass is 495 g/mol. The molecule has 4 rings (SSSR count). The van der Waals surface area contributed by atoms with Crippen molar-refractivity contribution in [3.05, 3.63) is 75.8 Å². The van der Waals surface area contributed by atoms with E-state index in [1.807, 2.05) is 26.0 Å². The Labute approximate surface area is 209 Å². The third-order valence-corrected chi connectivity index (χ3v) is 6.19. The van der Waals surface area contributed by atoms with Crippen LogP contribution in [0.25, 0.3) is 22.4 Å². The number of fused-ring (bicyclic) bond motifs is 3. The highest BCUT2D eigenvalue weighted by atomic mass is 19.1. The van der Waals surface area contributed by atoms with Crippen LogP contribution in [0.2, 0.25) is 0 Å². The lowest BCUT2D eigenvalue weighted by Gasteiger charge is -2.31. The van der Waals surface area contributed by atoms with Gasteiger partial charge in [0.2, 0.25) is 0 Å². The predicted molar refractivity (Wildman–Crippen MR) is 134 cm³/mol. The zero-order chi connectivity index (χ0) is 25.8. The van der Waals surface area contributed by atoms with Gasteiger partial charge in [-0.2, -0.15) is 0 Å². The van der Waals surface area contributed by atoms with Gasteiger partial charge in [-0.15, -0.1) is 0 Å². The maximum Gasteiger partial charge on any atom is 0.341 e. The van der Waals surface area contributed by atoms with Crippen LogP contribution in [0.3, 0.4) is 0 Å². The topological polar surface area (TPSA) is 87.0 Å². The fourth-order valence-corrected chi connectivity index (χ4v) is 4.45. The third-order valence-electron chi connectivity index (χ3n) is 6.19. The Morgan fingerprint density at radius 2 is 1.92 bits per heavy atom. The molecule has 0 bridgehead atoms. The molecule has 3 aromatic rings. The van der Waals surface area contributed by atoms with Gasteiger partial charge in [0.05, 0.1) is 25.0 Å². The Morgan fingerprint density at radius 1 is 1.14 bits per heavy atom. The number of carboxylic acids is 1. The van der Waals surface area contributed by atoms with Crippen LogP contribution in [-0.2, 0) is 16.0 Å². The van der Waals surface area contributed by atoms with Crippen molar-refractivity contribution in [3.8, 4) is 28.1 Å². The van der Waals surface area contributed by atoms with E-state index in [4.69, 9.17) is 14.2 Å². The van der Waals surface area contributed by atoms with Crippen LogP contribution in [-0.4, -0.2) is 48.7 Å². The molecule has 1 aromatic heterocycles. The molecule has 0 amide bonds. The average molecular weight is 496 g/mol. The maximum absolute atomic E-state index is 14.9. The van der Waals surface area contributed by atoms with Gasteiger partial charge in [-0.1, -0.05) is 18.2 Å². The molecule has 8 heteroatoms. The summed E-state index contributed by atoms with van der Waals surface area (Å²) in [6.45, 7) is 5.64. The van der Waals surface area contributed by atoms with Crippen molar-refractivity contribution in [2.75, 3.05) is 26.9 Å². The van der Waals surface area contributed by atoms with E-state index >= 15 is 0 Å². The molecule has 0 fully saturated rings. The van der Waals surface area contributed by atoms with Crippen LogP contribution in [0.5, 0.6) is 5.75 Å². The number of hydrogen-bond acceptors (Lipinski definition) is 5. The lowest BCUT2D eigenvalue weighted by atomic mass is 9.86. The van der Waals surface area contributed by atoms with Gasteiger partial charge in [0.25, 0.3) is 0 Å². The minimum Gasteiger partial charge on any atom is -0.493 e. The van der Waals surface area contributed by atoms with Crippen molar-refractivity contribution in [3.63, 3.8) is 0 Å². The zero-order valence-electron chi connectivity index (χ0n) is 20.6. The number of halogens is 1. The standard InChI is InChI=1S/C28H30FNO6/c1-17(2)36-16-18-14-30-15-23(28(32)33)26(31)13-25(30)21-11-22(19-7-4-5-8-24(19)29)27(12-20(18)21)35-10-6-9-34-3/h4-5,7-8,11-13,15,17-18H,6,9-10,14,16H2,1-3H3,(H,32,33)/t18-/m1/s1. The number of carbonyl (C=O) groups is 1. The number of methoxy groups -OCH3 is 1. The van der Waals surface area contributed by atoms with Crippen molar-refractivity contribution in [1.82, 2.24) is 4.57 Å². The largest absolute Gasteiger partial charge is 0.493 e. The molecular formula is C28H30FNO6. The second-order valence-electron chi connectivity index (χ2n) is 9.08. The van der Waals surface area contributed by atoms with Crippen molar-refractivity contribution in [2.45, 2.75) is 38.8 Å². The Bertz CT molecular complexity index is 1320. The lowest BCUT2D eigenvalue weighted by molar-refractivity contribution is 0.0636. The van der Waals surface area contributed by atoms with Gasteiger partial charge in [-0.05, 0) is 37.6 Å². The zero-order valence-corrected chi connectivity index (χ0v) is 20.6. The molecule has 2 aromatic carbocycles. The summed E-state index contributed by atoms with van der Waals surface area (Å²) in [5.41, 5.74) is 2.25. The summed E-state index contributed by atoms with van der Waals surface area (Å²) in [5.74, 6) is -1.27. The highest BCUT2D eigenvalue weighted by Crippen LogP contribution is 2.43. The van der Waals surface area contributed by atoms with Gasteiger partial charge >= 0.3 is 5.97 Å². The van der Waals surface area contributed by atoms with Gasteiger partial charge in [-0.25, -0.2) is 9.18 Å². The number of hydrogen-bond donors (Lipinski definition) is 1. The van der Waals surface area contributed by atoms with Gasteiger partial charge in [0.15, 0.2) is 5.43 Å². The number of benzene rings is 2. The minimum absolute atomic E-state index is 0.000831. The first kappa shape index (κ1) is 25.6. The molecule has 0 unspecified atom stereocenters. The van der Waals surface area contributed by atoms with Crippen molar-refractivity contribution < 1.29 is 28.5 Å². The molecular weight excluding hydrogens is 465 g/mol.